The predicted molar refractivity (Wildman–Crippen MR) is 275 cm³/mol. The molecule has 2 aromatic carbocycles. The van der Waals surface area contributed by atoms with Crippen molar-refractivity contribution in [2.75, 3.05) is 76.4 Å². The lowest BCUT2D eigenvalue weighted by Crippen LogP contribution is -2.51. The topological polar surface area (TPSA) is 111 Å². The molecule has 65 heavy (non-hydrogen) atoms. The smallest absolute Gasteiger partial charge is 0.410 e. The number of rotatable bonds is 12. The number of piperazine rings is 2. The molecular weight excluding hydrogens is 849 g/mol. The summed E-state index contributed by atoms with van der Waals surface area (Å²) in [6, 6.07) is 13.0. The van der Waals surface area contributed by atoms with Gasteiger partial charge in [0.2, 0.25) is 0 Å². The number of hydrogen-bond acceptors (Lipinski definition) is 9. The molecule has 12 nitrogen and oxygen atoms in total. The molecule has 1 amide bonds. The number of carbonyl (C=O) groups is 3. The summed E-state index contributed by atoms with van der Waals surface area (Å²) >= 11 is 0. The largest absolute Gasteiger partial charge is 0.465 e. The van der Waals surface area contributed by atoms with E-state index in [2.05, 4.69) is 155 Å². The van der Waals surface area contributed by atoms with Crippen molar-refractivity contribution in [3.8, 4) is 0 Å². The first-order chi connectivity index (χ1) is 30.5. The summed E-state index contributed by atoms with van der Waals surface area (Å²) in [5.41, 5.74) is 8.57. The molecule has 4 aromatic rings. The average molecular weight is 931 g/mol. The minimum Gasteiger partial charge on any atom is -0.465 e. The molecule has 0 unspecified atom stereocenters. The van der Waals surface area contributed by atoms with Gasteiger partial charge >= 0.3 is 18.0 Å². The van der Waals surface area contributed by atoms with E-state index in [0.29, 0.717) is 57.5 Å². The summed E-state index contributed by atoms with van der Waals surface area (Å²) in [6.07, 6.45) is 3.91. The molecule has 2 saturated heterocycles. The number of esters is 2. The van der Waals surface area contributed by atoms with E-state index < -0.39 is 22.1 Å². The Hall–Kier alpha value is -4.28. The second-order valence-corrected chi connectivity index (χ2v) is 32.5. The second kappa shape index (κ2) is 20.7. The zero-order chi connectivity index (χ0) is 48.3. The van der Waals surface area contributed by atoms with E-state index in [9.17, 15) is 14.4 Å². The van der Waals surface area contributed by atoms with Crippen molar-refractivity contribution in [3.63, 3.8) is 0 Å². The molecule has 2 fully saturated rings. The van der Waals surface area contributed by atoms with Gasteiger partial charge in [-0.05, 0) is 90.4 Å². The van der Waals surface area contributed by atoms with E-state index in [-0.39, 0.29) is 18.0 Å². The van der Waals surface area contributed by atoms with Crippen molar-refractivity contribution >= 4 is 67.7 Å². The van der Waals surface area contributed by atoms with Crippen LogP contribution in [0, 0.1) is 0 Å². The van der Waals surface area contributed by atoms with Crippen molar-refractivity contribution in [1.82, 2.24) is 18.7 Å². The summed E-state index contributed by atoms with van der Waals surface area (Å²) < 4.78 is 20.9. The summed E-state index contributed by atoms with van der Waals surface area (Å²) in [5, 5.41) is 5.38. The van der Waals surface area contributed by atoms with Crippen molar-refractivity contribution in [1.29, 1.82) is 0 Å². The van der Waals surface area contributed by atoms with Crippen LogP contribution in [-0.2, 0) is 14.2 Å². The van der Waals surface area contributed by atoms with Crippen LogP contribution in [0.25, 0.3) is 21.8 Å². The molecule has 14 heteroatoms. The number of fused-ring (bicyclic) bond motifs is 2. The number of ether oxygens (including phenoxy) is 3. The summed E-state index contributed by atoms with van der Waals surface area (Å²) in [5.74, 6) is -0.542. The molecule has 2 aliphatic heterocycles. The Balaban J connectivity index is 0.000000250. The van der Waals surface area contributed by atoms with Gasteiger partial charge in [-0.2, -0.15) is 0 Å². The minimum absolute atomic E-state index is 0.247. The van der Waals surface area contributed by atoms with Gasteiger partial charge in [-0.1, -0.05) is 83.1 Å². The molecular formula is C51H82N6O6Si2. The summed E-state index contributed by atoms with van der Waals surface area (Å²) in [6.45, 7) is 40.5. The first kappa shape index (κ1) is 51.7. The van der Waals surface area contributed by atoms with Crippen LogP contribution in [0.15, 0.2) is 48.8 Å². The van der Waals surface area contributed by atoms with Crippen LogP contribution in [0.1, 0.15) is 125 Å². The van der Waals surface area contributed by atoms with Gasteiger partial charge in [-0.15, -0.1) is 0 Å². The monoisotopic (exact) mass is 931 g/mol. The number of nitrogens with one attached hydrogen (secondary N) is 1. The molecule has 0 radical (unpaired) electrons. The Morgan fingerprint density at radius 3 is 1.23 bits per heavy atom. The first-order valence-corrected chi connectivity index (χ1v) is 28.5. The third-order valence-corrected chi connectivity index (χ3v) is 28.1. The Labute approximate surface area is 392 Å². The van der Waals surface area contributed by atoms with Crippen molar-refractivity contribution in [2.45, 2.75) is 143 Å². The van der Waals surface area contributed by atoms with Crippen LogP contribution in [0.5, 0.6) is 0 Å². The maximum Gasteiger partial charge on any atom is 0.410 e. The highest BCUT2D eigenvalue weighted by Crippen LogP contribution is 2.47. The number of hydrogen-bond donors (Lipinski definition) is 1. The van der Waals surface area contributed by atoms with Crippen molar-refractivity contribution < 1.29 is 28.6 Å². The van der Waals surface area contributed by atoms with Crippen LogP contribution in [0.3, 0.4) is 0 Å². The van der Waals surface area contributed by atoms with E-state index >= 15 is 0 Å². The third-order valence-electron chi connectivity index (χ3n) is 14.6. The fourth-order valence-corrected chi connectivity index (χ4v) is 25.3. The highest BCUT2D eigenvalue weighted by molar-refractivity contribution is 6.83. The van der Waals surface area contributed by atoms with E-state index in [1.54, 1.807) is 4.90 Å². The zero-order valence-corrected chi connectivity index (χ0v) is 44.9. The number of carbonyl (C=O) groups excluding carboxylic acids is 3. The number of methoxy groups -OCH3 is 2. The quantitative estimate of drug-likeness (QED) is 0.0843. The van der Waals surface area contributed by atoms with Crippen LogP contribution in [-0.4, -0.2) is 120 Å². The Morgan fingerprint density at radius 1 is 0.554 bits per heavy atom. The van der Waals surface area contributed by atoms with Gasteiger partial charge in [0.1, 0.15) is 5.60 Å². The third kappa shape index (κ3) is 10.0. The fraction of sp³-hybridized carbons (Fsp3) is 0.627. The molecule has 6 rings (SSSR count). The molecule has 0 atom stereocenters. The molecule has 0 spiro atoms. The lowest BCUT2D eigenvalue weighted by molar-refractivity contribution is 0.0240. The molecule has 0 bridgehead atoms. The molecule has 2 aliphatic rings. The highest BCUT2D eigenvalue weighted by atomic mass is 28.3. The number of nitrogens with zero attached hydrogens (tertiary/aromatic N) is 5. The number of anilines is 2. The van der Waals surface area contributed by atoms with Gasteiger partial charge in [0.25, 0.3) is 0 Å². The molecule has 1 N–H and O–H groups in total. The van der Waals surface area contributed by atoms with Gasteiger partial charge in [0, 0.05) is 97.9 Å². The van der Waals surface area contributed by atoms with E-state index in [0.717, 1.165) is 61.2 Å². The van der Waals surface area contributed by atoms with Crippen LogP contribution in [0.2, 0.25) is 33.2 Å². The highest BCUT2D eigenvalue weighted by Gasteiger charge is 2.48. The second-order valence-electron chi connectivity index (χ2n) is 21.1. The molecule has 360 valence electrons. The van der Waals surface area contributed by atoms with Crippen molar-refractivity contribution in [2.24, 2.45) is 0 Å². The molecule has 2 aromatic heterocycles. The number of benzene rings is 2. The maximum atomic E-state index is 12.8. The van der Waals surface area contributed by atoms with Gasteiger partial charge in [0.05, 0.1) is 25.3 Å². The fourth-order valence-electron chi connectivity index (χ4n) is 12.1. The Bertz CT molecular complexity index is 2230. The van der Waals surface area contributed by atoms with Gasteiger partial charge in [-0.25, -0.2) is 14.4 Å². The number of aromatic nitrogens is 2. The molecule has 0 saturated carbocycles. The summed E-state index contributed by atoms with van der Waals surface area (Å²) in [7, 11) is -1.19. The SMILES string of the molecule is COC(=O)c1cn([Si](C(C)C)(C(C)C)C(C)C)c2cc(N3CCN(C(=O)OC(C)(C)C)CC3)ccc12.COC(=O)c1cn([Si](C(C)C)(C(C)C)C(C)C)c2cc(N3CCNCC3)ccc12. The lowest BCUT2D eigenvalue weighted by Gasteiger charge is -2.44. The van der Waals surface area contributed by atoms with Crippen LogP contribution >= 0.6 is 0 Å². The zero-order valence-electron chi connectivity index (χ0n) is 42.9. The van der Waals surface area contributed by atoms with E-state index in [1.165, 1.54) is 25.4 Å². The minimum atomic E-state index is -2.11. The van der Waals surface area contributed by atoms with Gasteiger partial charge in [-0.3, -0.25) is 0 Å². The lowest BCUT2D eigenvalue weighted by atomic mass is 10.1. The first-order valence-electron chi connectivity index (χ1n) is 24.1. The number of amides is 1. The van der Waals surface area contributed by atoms with Crippen molar-refractivity contribution in [3.05, 3.63) is 59.9 Å². The van der Waals surface area contributed by atoms with Gasteiger partial charge < -0.3 is 42.7 Å². The molecule has 0 aliphatic carbocycles. The average Bonchev–Trinajstić information content (AvgIpc) is 3.81. The Morgan fingerprint density at radius 2 is 0.908 bits per heavy atom. The van der Waals surface area contributed by atoms with E-state index in [4.69, 9.17) is 14.2 Å². The summed E-state index contributed by atoms with van der Waals surface area (Å²) in [4.78, 5) is 44.5. The predicted octanol–water partition coefficient (Wildman–Crippen LogP) is 11.4. The standard InChI is InChI=1S/C28H45N3O4Si.C23H37N3O2Si/c1-19(2)36(20(3)4,21(5)6)31-18-24(26(32)34-10)23-12-11-22(17-25(23)31)29-13-15-30(16-14-29)27(33)35-28(7,8)9;1-16(2)29(17(3)4,18(5)6)26-15-21(23(27)28-7)20-9-8-19(14-22(20)26)25-12-10-24-11-13-25/h11-12,17-21H,13-16H2,1-10H3;8-9,14-18,24H,10-13H2,1-7H3. The normalized spacial score (nSPS) is 15.5. The van der Waals surface area contributed by atoms with E-state index in [1.807, 2.05) is 20.8 Å². The van der Waals surface area contributed by atoms with Gasteiger partial charge in [0.15, 0.2) is 16.5 Å². The van der Waals surface area contributed by atoms with Crippen LogP contribution in [0.4, 0.5) is 16.2 Å². The molecule has 4 heterocycles. The maximum absolute atomic E-state index is 12.8. The Kier molecular flexibility index (Phi) is 16.5. The van der Waals surface area contributed by atoms with Crippen LogP contribution < -0.4 is 15.1 Å².